The van der Waals surface area contributed by atoms with Crippen molar-refractivity contribution in [2.75, 3.05) is 14.1 Å². The lowest BCUT2D eigenvalue weighted by atomic mass is 10.2. The second kappa shape index (κ2) is 7.65. The van der Waals surface area contributed by atoms with Crippen LogP contribution >= 0.6 is 22.9 Å². The fraction of sp³-hybridized carbons (Fsp3) is 0.100. The molecule has 0 unspecified atom stereocenters. The Morgan fingerprint density at radius 2 is 2.00 bits per heavy atom. The van der Waals surface area contributed by atoms with E-state index in [-0.39, 0.29) is 5.91 Å². The van der Waals surface area contributed by atoms with Gasteiger partial charge >= 0.3 is 0 Å². The summed E-state index contributed by atoms with van der Waals surface area (Å²) in [6.07, 6.45) is 3.23. The highest BCUT2D eigenvalue weighted by atomic mass is 35.5. The van der Waals surface area contributed by atoms with Crippen molar-refractivity contribution in [1.82, 2.24) is 19.4 Å². The van der Waals surface area contributed by atoms with Crippen LogP contribution in [0, 0.1) is 0 Å². The third-order valence-electron chi connectivity index (χ3n) is 4.31. The van der Waals surface area contributed by atoms with E-state index in [4.69, 9.17) is 11.6 Å². The largest absolute Gasteiger partial charge is 0.345 e. The van der Waals surface area contributed by atoms with Crippen LogP contribution in [0.1, 0.15) is 20.8 Å². The molecule has 146 valence electrons. The van der Waals surface area contributed by atoms with Crippen molar-refractivity contribution in [2.45, 2.75) is 0 Å². The molecule has 0 aliphatic carbocycles. The number of nitrogens with one attached hydrogen (secondary N) is 1. The van der Waals surface area contributed by atoms with Gasteiger partial charge in [0.25, 0.3) is 11.8 Å². The number of fused-ring (bicyclic) bond motifs is 1. The summed E-state index contributed by atoms with van der Waals surface area (Å²) in [5.41, 5.74) is 1.97. The molecule has 1 N–H and O–H groups in total. The third kappa shape index (κ3) is 3.48. The first-order valence-electron chi connectivity index (χ1n) is 8.65. The summed E-state index contributed by atoms with van der Waals surface area (Å²) in [4.78, 5) is 38.9. The van der Waals surface area contributed by atoms with Gasteiger partial charge in [-0.3, -0.25) is 14.2 Å². The van der Waals surface area contributed by atoms with Gasteiger partial charge in [-0.1, -0.05) is 23.7 Å². The molecule has 0 radical (unpaired) electrons. The number of hydrogen-bond donors (Lipinski definition) is 1. The molecule has 3 aromatic heterocycles. The van der Waals surface area contributed by atoms with Crippen molar-refractivity contribution >= 4 is 45.8 Å². The number of pyridine rings is 1. The smallest absolute Gasteiger partial charge is 0.281 e. The summed E-state index contributed by atoms with van der Waals surface area (Å²) >= 11 is 7.58. The average molecular weight is 426 g/mol. The molecule has 0 saturated carbocycles. The van der Waals surface area contributed by atoms with Gasteiger partial charge in [-0.2, -0.15) is 4.99 Å². The molecule has 9 heteroatoms. The topological polar surface area (TPSA) is 83.3 Å². The highest BCUT2D eigenvalue weighted by Crippen LogP contribution is 2.22. The summed E-state index contributed by atoms with van der Waals surface area (Å²) in [6.45, 7) is 0. The number of nitrogens with zero attached hydrogens (tertiary/aromatic N) is 4. The zero-order chi connectivity index (χ0) is 20.5. The number of halogens is 1. The number of amides is 2. The number of rotatable bonds is 3. The van der Waals surface area contributed by atoms with Crippen molar-refractivity contribution in [3.05, 3.63) is 75.3 Å². The molecule has 4 rings (SSSR count). The summed E-state index contributed by atoms with van der Waals surface area (Å²) in [5, 5.41) is 2.81. The van der Waals surface area contributed by atoms with Crippen LogP contribution in [0.3, 0.4) is 0 Å². The van der Waals surface area contributed by atoms with E-state index in [0.29, 0.717) is 37.8 Å². The predicted octanol–water partition coefficient (Wildman–Crippen LogP) is 3.51. The number of aromatic amines is 1. The first-order chi connectivity index (χ1) is 14.0. The maximum atomic E-state index is 12.9. The van der Waals surface area contributed by atoms with Crippen LogP contribution in [0.4, 0.5) is 0 Å². The second-order valence-electron chi connectivity index (χ2n) is 6.41. The van der Waals surface area contributed by atoms with Gasteiger partial charge < -0.3 is 9.88 Å². The van der Waals surface area contributed by atoms with Crippen molar-refractivity contribution in [2.24, 2.45) is 4.99 Å². The number of H-pyrrole nitrogens is 1. The van der Waals surface area contributed by atoms with Crippen LogP contribution in [0.5, 0.6) is 0 Å². The van der Waals surface area contributed by atoms with Crippen LogP contribution < -0.4 is 4.80 Å². The van der Waals surface area contributed by atoms with Crippen molar-refractivity contribution < 1.29 is 9.59 Å². The Morgan fingerprint density at radius 3 is 2.76 bits per heavy atom. The van der Waals surface area contributed by atoms with E-state index in [9.17, 15) is 9.59 Å². The lowest BCUT2D eigenvalue weighted by molar-refractivity contribution is 0.0819. The maximum Gasteiger partial charge on any atom is 0.281 e. The SMILES string of the molecule is CN(C)C(=O)c1csc(=NC(=O)c2c[nH]c3ncccc23)n1-c1ccccc1Cl. The predicted molar refractivity (Wildman–Crippen MR) is 113 cm³/mol. The summed E-state index contributed by atoms with van der Waals surface area (Å²) in [7, 11) is 3.33. The number of carbonyl (C=O) groups is 2. The van der Waals surface area contributed by atoms with Crippen molar-refractivity contribution in [1.29, 1.82) is 0 Å². The van der Waals surface area contributed by atoms with Crippen LogP contribution in [-0.4, -0.2) is 45.3 Å². The van der Waals surface area contributed by atoms with Crippen LogP contribution in [0.15, 0.2) is 59.2 Å². The minimum Gasteiger partial charge on any atom is -0.345 e. The Bertz CT molecular complexity index is 1300. The van der Waals surface area contributed by atoms with Crippen LogP contribution in [0.2, 0.25) is 5.02 Å². The standard InChI is InChI=1S/C20H16ClN5O2S/c1-25(2)19(28)16-11-29-20(26(16)15-8-4-3-7-14(15)21)24-18(27)13-10-23-17-12(13)6-5-9-22-17/h3-11H,1-2H3,(H,22,23). The molecule has 7 nitrogen and oxygen atoms in total. The normalized spacial score (nSPS) is 11.8. The maximum absolute atomic E-state index is 12.9. The number of hydrogen-bond acceptors (Lipinski definition) is 4. The van der Waals surface area contributed by atoms with E-state index < -0.39 is 5.91 Å². The minimum atomic E-state index is -0.434. The van der Waals surface area contributed by atoms with E-state index in [1.54, 1.807) is 66.8 Å². The highest BCUT2D eigenvalue weighted by molar-refractivity contribution is 7.07. The molecule has 3 heterocycles. The van der Waals surface area contributed by atoms with Gasteiger partial charge in [0, 0.05) is 37.3 Å². The zero-order valence-corrected chi connectivity index (χ0v) is 17.2. The monoisotopic (exact) mass is 425 g/mol. The summed E-state index contributed by atoms with van der Waals surface area (Å²) < 4.78 is 1.61. The molecule has 0 aliphatic rings. The first kappa shape index (κ1) is 19.1. The number of carbonyl (C=O) groups excluding carboxylic acids is 2. The Morgan fingerprint density at radius 1 is 1.21 bits per heavy atom. The second-order valence-corrected chi connectivity index (χ2v) is 7.65. The number of para-hydroxylation sites is 1. The van der Waals surface area contributed by atoms with Gasteiger partial charge in [-0.05, 0) is 24.3 Å². The summed E-state index contributed by atoms with van der Waals surface area (Å²) in [5.74, 6) is -0.651. The molecule has 1 aromatic carbocycles. The lowest BCUT2D eigenvalue weighted by Crippen LogP contribution is -2.27. The lowest BCUT2D eigenvalue weighted by Gasteiger charge is -2.13. The zero-order valence-electron chi connectivity index (χ0n) is 15.6. The molecule has 0 spiro atoms. The van der Waals surface area contributed by atoms with Crippen LogP contribution in [0.25, 0.3) is 16.7 Å². The number of benzene rings is 1. The molecule has 2 amide bonds. The van der Waals surface area contributed by atoms with E-state index in [2.05, 4.69) is 15.0 Å². The van der Waals surface area contributed by atoms with E-state index >= 15 is 0 Å². The number of aromatic nitrogens is 3. The molecular formula is C20H16ClN5O2S. The summed E-state index contributed by atoms with van der Waals surface area (Å²) in [6, 6.07) is 10.7. The minimum absolute atomic E-state index is 0.216. The Balaban J connectivity index is 1.91. The van der Waals surface area contributed by atoms with Gasteiger partial charge in [-0.25, -0.2) is 4.98 Å². The average Bonchev–Trinajstić information content (AvgIpc) is 3.32. The molecule has 0 saturated heterocycles. The van der Waals surface area contributed by atoms with Crippen molar-refractivity contribution in [3.63, 3.8) is 0 Å². The molecular weight excluding hydrogens is 410 g/mol. The van der Waals surface area contributed by atoms with Crippen molar-refractivity contribution in [3.8, 4) is 5.69 Å². The van der Waals surface area contributed by atoms with E-state index in [0.717, 1.165) is 0 Å². The molecule has 4 aromatic rings. The van der Waals surface area contributed by atoms with E-state index in [1.165, 1.54) is 16.2 Å². The van der Waals surface area contributed by atoms with Gasteiger partial charge in [0.05, 0.1) is 16.3 Å². The fourth-order valence-corrected chi connectivity index (χ4v) is 4.00. The quantitative estimate of drug-likeness (QED) is 0.545. The Kier molecular flexibility index (Phi) is 5.04. The molecule has 0 fully saturated rings. The van der Waals surface area contributed by atoms with Gasteiger partial charge in [0.2, 0.25) is 0 Å². The first-order valence-corrected chi connectivity index (χ1v) is 9.91. The molecule has 0 aliphatic heterocycles. The highest BCUT2D eigenvalue weighted by Gasteiger charge is 2.20. The number of thiazole rings is 1. The molecule has 29 heavy (non-hydrogen) atoms. The molecule has 0 bridgehead atoms. The van der Waals surface area contributed by atoms with Gasteiger partial charge in [0.1, 0.15) is 11.3 Å². The van der Waals surface area contributed by atoms with Crippen LogP contribution in [-0.2, 0) is 0 Å². The van der Waals surface area contributed by atoms with E-state index in [1.807, 2.05) is 6.07 Å². The van der Waals surface area contributed by atoms with Gasteiger partial charge in [0.15, 0.2) is 4.80 Å². The van der Waals surface area contributed by atoms with Gasteiger partial charge in [-0.15, -0.1) is 11.3 Å². The molecule has 0 atom stereocenters. The Labute approximate surface area is 174 Å². The fourth-order valence-electron chi connectivity index (χ4n) is 2.91. The third-order valence-corrected chi connectivity index (χ3v) is 5.45. The Hall–Kier alpha value is -3.23.